The van der Waals surface area contributed by atoms with E-state index in [1.807, 2.05) is 0 Å². The van der Waals surface area contributed by atoms with Gasteiger partial charge in [0.25, 0.3) is 0 Å². The largest absolute Gasteiger partial charge is 0.0776 e. The molecule has 156 valence electrons. The summed E-state index contributed by atoms with van der Waals surface area (Å²) in [6.45, 7) is 21.5. The Labute approximate surface area is 148 Å². The van der Waals surface area contributed by atoms with E-state index in [1.165, 1.54) is 12.8 Å². The van der Waals surface area contributed by atoms with E-state index in [9.17, 15) is 0 Å². The zero-order valence-electron chi connectivity index (χ0n) is 14.4. The van der Waals surface area contributed by atoms with Crippen molar-refractivity contribution in [2.45, 2.75) is 127 Å². The van der Waals surface area contributed by atoms with E-state index in [2.05, 4.69) is 77.6 Å². The molecule has 0 saturated carbocycles. The Kier molecular flexibility index (Phi) is 556. The summed E-state index contributed by atoms with van der Waals surface area (Å²) < 4.78 is 5.25. The molecule has 0 saturated heterocycles. The summed E-state index contributed by atoms with van der Waals surface area (Å²) in [5, 5.41) is 0. The zero-order chi connectivity index (χ0) is 14.6. The monoisotopic (exact) mass is 572 g/mol. The minimum Gasteiger partial charge on any atom is -0.0776 e. The van der Waals surface area contributed by atoms with Crippen LogP contribution in [-0.4, -0.2) is 9.71 Å². The van der Waals surface area contributed by atoms with E-state index in [0.29, 0.717) is 0 Å². The smallest absolute Gasteiger partial charge is 0.0379 e. The molecule has 0 rings (SSSR count). The molecule has 0 nitrogen and oxygen atoms in total. The summed E-state index contributed by atoms with van der Waals surface area (Å²) >= 11 is 0. The summed E-state index contributed by atoms with van der Waals surface area (Å²) in [4.78, 5) is 0. The Morgan fingerprint density at radius 1 is 0.545 bits per heavy atom. The molecule has 0 aliphatic rings. The predicted octanol–water partition coefficient (Wildman–Crippen LogP) is 9.33. The van der Waals surface area contributed by atoms with Gasteiger partial charge in [-0.05, 0) is 13.2 Å². The van der Waals surface area contributed by atoms with Crippen LogP contribution in [-0.2, 0) is 0 Å². The first-order valence-corrected chi connectivity index (χ1v) is 6.29. The van der Waals surface area contributed by atoms with Crippen LogP contribution >= 0.6 is 0 Å². The molecule has 0 N–H and O–H groups in total. The molecule has 0 aliphatic carbocycles. The molecular weight excluding hydrogens is 508 g/mol. The van der Waals surface area contributed by atoms with Crippen LogP contribution in [0.3, 0.4) is 0 Å². The van der Waals surface area contributed by atoms with Gasteiger partial charge in [0.2, 0.25) is 0 Å². The van der Waals surface area contributed by atoms with Crippen LogP contribution in [0.15, 0.2) is 0 Å². The zero-order valence-corrected chi connectivity index (χ0v) is 15.8. The van der Waals surface area contributed by atoms with Crippen LogP contribution in [0.5, 0.6) is 0 Å². The minimum absolute atomic E-state index is 0. The molecule has 0 spiro atoms. The second-order valence-electron chi connectivity index (χ2n) is 4.88. The van der Waals surface area contributed by atoms with Gasteiger partial charge in [-0.1, -0.05) is 127 Å². The van der Waals surface area contributed by atoms with Gasteiger partial charge >= 0.3 is 0 Å². The van der Waals surface area contributed by atoms with Gasteiger partial charge in [-0.2, -0.15) is 0 Å². The third kappa shape index (κ3) is 7120. The van der Waals surface area contributed by atoms with Gasteiger partial charge in [-0.25, -0.2) is 0 Å². The maximum atomic E-state index is 5.25. The average molecular weight is 572 g/mol. The second-order valence-corrected chi connectivity index (χ2v) is 4.88. The minimum atomic E-state index is 0. The Morgan fingerprint density at radius 2 is 0.545 bits per heavy atom. The van der Waals surface area contributed by atoms with E-state index >= 15 is 0 Å². The molecule has 0 atom stereocenters. The van der Waals surface area contributed by atoms with Crippen molar-refractivity contribution >= 4 is 8.38 Å². The van der Waals surface area contributed by atoms with E-state index in [1.54, 1.807) is 0 Å². The van der Waals surface area contributed by atoms with Crippen LogP contribution in [0.2, 0.25) is 0 Å². The van der Waals surface area contributed by atoms with Gasteiger partial charge in [-0.3, -0.25) is 0 Å². The van der Waals surface area contributed by atoms with Crippen molar-refractivity contribution in [1.29, 1.82) is 1.34 Å². The molecule has 0 aromatic carbocycles. The topological polar surface area (TPSA) is 0 Å². The summed E-state index contributed by atoms with van der Waals surface area (Å²) in [7, 11) is 3.75. The molecule has 0 amide bonds. The summed E-state index contributed by atoms with van der Waals surface area (Å²) in [5.41, 5.74) is 0. The summed E-state index contributed by atoms with van der Waals surface area (Å²) in [6.07, 6.45) is 2.50. The molecule has 0 bridgehead atoms. The van der Waals surface area contributed by atoms with Crippen molar-refractivity contribution in [2.24, 2.45) is 11.8 Å². The fraction of sp³-hybridized carbons (Fsp3) is 1.00. The van der Waals surface area contributed by atoms with Crippen molar-refractivity contribution in [3.05, 3.63) is 0 Å². The average Bonchev–Trinajstić information content (AvgIpc) is 2.07. The van der Waals surface area contributed by atoms with Gasteiger partial charge < -0.3 is 0 Å². The van der Waals surface area contributed by atoms with Crippen LogP contribution in [0, 0.1) is 11.8 Å². The van der Waals surface area contributed by atoms with E-state index in [4.69, 9.17) is 1.34 Å². The molecule has 2 radical (unpaired) electrons. The molecule has 0 aliphatic heterocycles. The third-order valence-corrected chi connectivity index (χ3v) is 0. The standard InChI is InChI=1S/2C4H10.2C3H8.6CH4.BH.Fm/c2*1-4(2)3;2*1-3-2;;;;;;;;/h2*4H,1-3H3;2*3H2,1-2H3;6*1H4;1H;/i;;;;;;;;;;1T;. The fourth-order valence-corrected chi connectivity index (χ4v) is 0. The number of hydrogen-bond donors (Lipinski definition) is 0. The van der Waals surface area contributed by atoms with Gasteiger partial charge in [0.15, 0.2) is 0 Å². The molecule has 0 fully saturated rings. The Morgan fingerprint density at radius 3 is 0.545 bits per heavy atom. The van der Waals surface area contributed by atoms with E-state index < -0.39 is 0 Å². The van der Waals surface area contributed by atoms with Crippen molar-refractivity contribution < 1.29 is 0 Å². The van der Waals surface area contributed by atoms with Gasteiger partial charge in [0.1, 0.15) is 0 Å². The number of rotatable bonds is 0. The molecule has 0 aromatic rings. The van der Waals surface area contributed by atoms with Crippen molar-refractivity contribution in [3.63, 3.8) is 0 Å². The molecule has 22 heavy (non-hydrogen) atoms. The molecule has 0 unspecified atom stereocenters. The van der Waals surface area contributed by atoms with Crippen LogP contribution < -0.4 is 0 Å². The van der Waals surface area contributed by atoms with Crippen LogP contribution in [0.4, 0.5) is 0 Å². The molecule has 2 heteroatoms. The maximum absolute atomic E-state index is 5.25. The third-order valence-electron chi connectivity index (χ3n) is 0. The van der Waals surface area contributed by atoms with Crippen LogP contribution in [0.1, 0.15) is 127 Å². The van der Waals surface area contributed by atoms with Gasteiger partial charge in [-0.15, -0.1) is 0 Å². The van der Waals surface area contributed by atoms with Crippen molar-refractivity contribution in [2.75, 3.05) is 0 Å². The first kappa shape index (κ1) is 83.7. The summed E-state index contributed by atoms with van der Waals surface area (Å²) in [5.74, 6) is 1.67. The molecule has 0 heterocycles. The van der Waals surface area contributed by atoms with Crippen molar-refractivity contribution in [3.8, 4) is 0 Å². The Hall–Kier alpha value is -0.935. The SMILES string of the molecule is C.C.C.C.C.C.CC(C)C.CC(C)C.CCC.CCC.[3H][B].[Fm]. The first-order valence-electron chi connectivity index (χ1n) is 6.87. The fourth-order valence-electron chi connectivity index (χ4n) is 0. The van der Waals surface area contributed by atoms with E-state index in [0.717, 1.165) is 11.8 Å². The van der Waals surface area contributed by atoms with Crippen molar-refractivity contribution in [1.82, 2.24) is 0 Å². The number of hydrogen-bond acceptors (Lipinski definition) is 0. The quantitative estimate of drug-likeness (QED) is 0.254. The van der Waals surface area contributed by atoms with Gasteiger partial charge in [0, 0.05) is 8.38 Å². The van der Waals surface area contributed by atoms with Crippen LogP contribution in [0.25, 0.3) is 0 Å². The molecule has 0 aromatic heterocycles. The Balaban J connectivity index is -0.00000000620. The normalized spacial score (nSPS) is 5.18. The van der Waals surface area contributed by atoms with Gasteiger partial charge in [0.05, 0.1) is 0 Å². The maximum Gasteiger partial charge on any atom is 0.0379 e. The summed E-state index contributed by atoms with van der Waals surface area (Å²) in [6, 6.07) is 0. The Bertz CT molecular complexity index is 48.1. The second kappa shape index (κ2) is 146. The predicted molar refractivity (Wildman–Crippen MR) is 120 cm³/mol. The molecular formula is C20H61BFm. The van der Waals surface area contributed by atoms with E-state index in [-0.39, 0.29) is 44.6 Å². The first-order chi connectivity index (χ1) is 7.29.